The van der Waals surface area contributed by atoms with Crippen LogP contribution >= 0.6 is 0 Å². The summed E-state index contributed by atoms with van der Waals surface area (Å²) in [5, 5.41) is 4.36. The lowest BCUT2D eigenvalue weighted by Gasteiger charge is -2.41. The summed E-state index contributed by atoms with van der Waals surface area (Å²) in [6.45, 7) is 9.03. The third-order valence-corrected chi connectivity index (χ3v) is 4.61. The van der Waals surface area contributed by atoms with Gasteiger partial charge in [-0.15, -0.1) is 0 Å². The van der Waals surface area contributed by atoms with E-state index in [9.17, 15) is 0 Å². The summed E-state index contributed by atoms with van der Waals surface area (Å²) in [5.74, 6) is 1.86. The molecule has 3 heterocycles. The minimum Gasteiger partial charge on any atom is -0.356 e. The molecule has 0 saturated carbocycles. The molecule has 1 fully saturated rings. The highest BCUT2D eigenvalue weighted by atomic mass is 15.4. The normalized spacial score (nSPS) is 22.9. The fraction of sp³-hybridized carbons (Fsp3) is 0.688. The molecule has 5 nitrogen and oxygen atoms in total. The van der Waals surface area contributed by atoms with Crippen molar-refractivity contribution in [3.05, 3.63) is 18.1 Å². The Labute approximate surface area is 126 Å². The number of piperidine rings is 1. The zero-order valence-electron chi connectivity index (χ0n) is 13.3. The van der Waals surface area contributed by atoms with Crippen molar-refractivity contribution in [1.82, 2.24) is 19.6 Å². The van der Waals surface area contributed by atoms with Gasteiger partial charge in [-0.05, 0) is 31.1 Å². The number of anilines is 1. The minimum absolute atomic E-state index is 0.412. The van der Waals surface area contributed by atoms with Crippen molar-refractivity contribution in [3.63, 3.8) is 0 Å². The van der Waals surface area contributed by atoms with Gasteiger partial charge in [0.25, 0.3) is 5.78 Å². The van der Waals surface area contributed by atoms with E-state index in [-0.39, 0.29) is 0 Å². The van der Waals surface area contributed by atoms with Gasteiger partial charge in [0, 0.05) is 24.8 Å². The van der Waals surface area contributed by atoms with Gasteiger partial charge in [-0.25, -0.2) is 4.98 Å². The first-order chi connectivity index (χ1) is 10.1. The summed E-state index contributed by atoms with van der Waals surface area (Å²) in [5.41, 5.74) is 1.50. The number of fused-ring (bicyclic) bond motifs is 1. The number of nitrogens with zero attached hydrogens (tertiary/aromatic N) is 5. The van der Waals surface area contributed by atoms with Gasteiger partial charge in [0.05, 0.1) is 0 Å². The lowest BCUT2D eigenvalue weighted by Crippen LogP contribution is -2.42. The van der Waals surface area contributed by atoms with Gasteiger partial charge in [0.15, 0.2) is 0 Å². The first-order valence-electron chi connectivity index (χ1n) is 8.10. The Morgan fingerprint density at radius 2 is 2.19 bits per heavy atom. The standard InChI is InChI=1S/C16H25N5/c1-4-7-16(3)8-6-9-20(11-16)14-10-13(5-2)19-15-17-12-18-21(14)15/h10,12H,4-9,11H2,1-3H3. The van der Waals surface area contributed by atoms with E-state index in [0.29, 0.717) is 11.2 Å². The second-order valence-electron chi connectivity index (χ2n) is 6.52. The summed E-state index contributed by atoms with van der Waals surface area (Å²) in [6, 6.07) is 2.18. The van der Waals surface area contributed by atoms with E-state index in [2.05, 4.69) is 46.8 Å². The van der Waals surface area contributed by atoms with Crippen LogP contribution in [-0.4, -0.2) is 32.7 Å². The van der Waals surface area contributed by atoms with Crippen molar-refractivity contribution in [2.45, 2.75) is 52.9 Å². The summed E-state index contributed by atoms with van der Waals surface area (Å²) in [7, 11) is 0. The molecule has 1 unspecified atom stereocenters. The number of hydrogen-bond acceptors (Lipinski definition) is 4. The van der Waals surface area contributed by atoms with Gasteiger partial charge < -0.3 is 4.90 Å². The molecule has 0 spiro atoms. The average molecular weight is 287 g/mol. The summed E-state index contributed by atoms with van der Waals surface area (Å²) >= 11 is 0. The van der Waals surface area contributed by atoms with E-state index >= 15 is 0 Å². The monoisotopic (exact) mass is 287 g/mol. The van der Waals surface area contributed by atoms with E-state index in [1.54, 1.807) is 6.33 Å². The van der Waals surface area contributed by atoms with Crippen molar-refractivity contribution in [3.8, 4) is 0 Å². The predicted molar refractivity (Wildman–Crippen MR) is 84.6 cm³/mol. The van der Waals surface area contributed by atoms with Crippen LogP contribution < -0.4 is 4.90 Å². The Kier molecular flexibility index (Phi) is 3.83. The molecule has 21 heavy (non-hydrogen) atoms. The van der Waals surface area contributed by atoms with Crippen LogP contribution in [0.2, 0.25) is 0 Å². The Balaban J connectivity index is 1.97. The second-order valence-corrected chi connectivity index (χ2v) is 6.52. The van der Waals surface area contributed by atoms with E-state index in [1.165, 1.54) is 25.7 Å². The van der Waals surface area contributed by atoms with Gasteiger partial charge in [-0.1, -0.05) is 27.2 Å². The lowest BCUT2D eigenvalue weighted by molar-refractivity contribution is 0.238. The molecule has 1 saturated heterocycles. The van der Waals surface area contributed by atoms with Gasteiger partial charge in [-0.2, -0.15) is 14.6 Å². The zero-order valence-corrected chi connectivity index (χ0v) is 13.3. The molecule has 114 valence electrons. The summed E-state index contributed by atoms with van der Waals surface area (Å²) in [4.78, 5) is 11.3. The van der Waals surface area contributed by atoms with Crippen LogP contribution in [0.5, 0.6) is 0 Å². The van der Waals surface area contributed by atoms with E-state index < -0.39 is 0 Å². The smallest absolute Gasteiger partial charge is 0.254 e. The quantitative estimate of drug-likeness (QED) is 0.867. The van der Waals surface area contributed by atoms with Crippen molar-refractivity contribution in [1.29, 1.82) is 0 Å². The highest BCUT2D eigenvalue weighted by Gasteiger charge is 2.31. The third-order valence-electron chi connectivity index (χ3n) is 4.61. The first-order valence-corrected chi connectivity index (χ1v) is 8.10. The molecule has 2 aromatic heterocycles. The first kappa shape index (κ1) is 14.3. The molecular formula is C16H25N5. The highest BCUT2D eigenvalue weighted by molar-refractivity contribution is 5.48. The fourth-order valence-electron chi connectivity index (χ4n) is 3.57. The Morgan fingerprint density at radius 3 is 2.95 bits per heavy atom. The van der Waals surface area contributed by atoms with Crippen LogP contribution in [0, 0.1) is 5.41 Å². The maximum absolute atomic E-state index is 4.54. The third kappa shape index (κ3) is 2.74. The molecule has 1 aliphatic heterocycles. The van der Waals surface area contributed by atoms with Crippen LogP contribution in [0.4, 0.5) is 5.82 Å². The van der Waals surface area contributed by atoms with E-state index in [4.69, 9.17) is 0 Å². The van der Waals surface area contributed by atoms with Crippen molar-refractivity contribution in [2.75, 3.05) is 18.0 Å². The fourth-order valence-corrected chi connectivity index (χ4v) is 3.57. The Morgan fingerprint density at radius 1 is 1.33 bits per heavy atom. The lowest BCUT2D eigenvalue weighted by atomic mass is 9.78. The average Bonchev–Trinajstić information content (AvgIpc) is 2.94. The van der Waals surface area contributed by atoms with Gasteiger partial charge in [0.1, 0.15) is 12.1 Å². The predicted octanol–water partition coefficient (Wildman–Crippen LogP) is 3.09. The molecule has 5 heteroatoms. The molecule has 0 radical (unpaired) electrons. The summed E-state index contributed by atoms with van der Waals surface area (Å²) in [6.07, 6.45) is 7.63. The van der Waals surface area contributed by atoms with Crippen LogP contribution in [0.15, 0.2) is 12.4 Å². The molecule has 0 aromatic carbocycles. The van der Waals surface area contributed by atoms with Crippen LogP contribution in [0.1, 0.15) is 52.1 Å². The molecule has 0 N–H and O–H groups in total. The molecule has 0 bridgehead atoms. The van der Waals surface area contributed by atoms with E-state index in [1.807, 2.05) is 4.52 Å². The molecule has 2 aromatic rings. The van der Waals surface area contributed by atoms with Crippen molar-refractivity contribution < 1.29 is 0 Å². The number of aromatic nitrogens is 4. The van der Waals surface area contributed by atoms with Gasteiger partial charge in [-0.3, -0.25) is 0 Å². The van der Waals surface area contributed by atoms with Crippen molar-refractivity contribution >= 4 is 11.6 Å². The van der Waals surface area contributed by atoms with Gasteiger partial charge >= 0.3 is 0 Å². The molecule has 0 aliphatic carbocycles. The molecule has 1 aliphatic rings. The maximum atomic E-state index is 4.54. The van der Waals surface area contributed by atoms with Gasteiger partial charge in [0.2, 0.25) is 0 Å². The Bertz CT molecular complexity index is 616. The number of rotatable bonds is 4. The zero-order chi connectivity index (χ0) is 14.9. The molecule has 0 amide bonds. The van der Waals surface area contributed by atoms with Crippen LogP contribution in [0.25, 0.3) is 5.78 Å². The highest BCUT2D eigenvalue weighted by Crippen LogP contribution is 2.36. The maximum Gasteiger partial charge on any atom is 0.254 e. The van der Waals surface area contributed by atoms with E-state index in [0.717, 1.165) is 31.0 Å². The van der Waals surface area contributed by atoms with Crippen LogP contribution in [0.3, 0.4) is 0 Å². The van der Waals surface area contributed by atoms with Crippen molar-refractivity contribution in [2.24, 2.45) is 5.41 Å². The topological polar surface area (TPSA) is 46.3 Å². The SMILES string of the molecule is CCCC1(C)CCCN(c2cc(CC)nc3ncnn23)C1. The number of hydrogen-bond donors (Lipinski definition) is 0. The van der Waals surface area contributed by atoms with Crippen LogP contribution in [-0.2, 0) is 6.42 Å². The molecular weight excluding hydrogens is 262 g/mol. The second kappa shape index (κ2) is 5.62. The number of aryl methyl sites for hydroxylation is 1. The molecule has 3 rings (SSSR count). The summed E-state index contributed by atoms with van der Waals surface area (Å²) < 4.78 is 1.89. The molecule has 1 atom stereocenters. The largest absolute Gasteiger partial charge is 0.356 e. The Hall–Kier alpha value is -1.65. The minimum atomic E-state index is 0.412.